The molecule has 2 aromatic carbocycles. The van der Waals surface area contributed by atoms with Gasteiger partial charge in [-0.25, -0.2) is 32.9 Å². The van der Waals surface area contributed by atoms with Crippen LogP contribution in [0.5, 0.6) is 17.2 Å². The number of halogens is 2. The number of hydrogen-bond acceptors (Lipinski definition) is 9. The van der Waals surface area contributed by atoms with E-state index in [1.165, 1.54) is 40.3 Å². The summed E-state index contributed by atoms with van der Waals surface area (Å²) in [5, 5.41) is 10.8. The third-order valence-electron chi connectivity index (χ3n) is 9.23. The lowest BCUT2D eigenvalue weighted by atomic mass is 9.68. The molecule has 246 valence electrons. The number of phenolic OH excluding ortho intramolecular Hbond substituents is 1. The number of benzene rings is 2. The van der Waals surface area contributed by atoms with Crippen molar-refractivity contribution in [3.63, 3.8) is 0 Å². The van der Waals surface area contributed by atoms with Crippen molar-refractivity contribution in [3.05, 3.63) is 112 Å². The molecule has 1 N–H and O–H groups in total. The van der Waals surface area contributed by atoms with Gasteiger partial charge in [-0.1, -0.05) is 18.2 Å². The zero-order chi connectivity index (χ0) is 34.2. The summed E-state index contributed by atoms with van der Waals surface area (Å²) in [6.45, 7) is -0.247. The number of phenols is 1. The van der Waals surface area contributed by atoms with Gasteiger partial charge in [0, 0.05) is 67.3 Å². The van der Waals surface area contributed by atoms with Gasteiger partial charge in [0.05, 0.1) is 42.3 Å². The van der Waals surface area contributed by atoms with Crippen molar-refractivity contribution in [2.45, 2.75) is 37.9 Å². The number of nitrogens with zero attached hydrogens (tertiary/aromatic N) is 5. The number of Topliss-reactive ketones (excluding diaryl/α,β-unsaturated/α-hetero) is 1. The van der Waals surface area contributed by atoms with E-state index in [0.29, 0.717) is 28.1 Å². The number of ketones is 2. The normalized spacial score (nSPS) is 18.7. The van der Waals surface area contributed by atoms with Crippen molar-refractivity contribution in [2.24, 2.45) is 7.05 Å². The van der Waals surface area contributed by atoms with E-state index in [1.807, 2.05) is 0 Å². The topological polar surface area (TPSA) is 157 Å². The SMILES string of the molecule is COc1cc2nc(CCn3c(=O)n4n(c3=O)C3CC5=C(C(=O)C=C(Br)C5=O)C(c5cccc(F)c5O)C3=CC4)c(=O)n(C)c2cc1OC. The molecule has 3 aliphatic rings. The van der Waals surface area contributed by atoms with Gasteiger partial charge >= 0.3 is 11.4 Å². The first kappa shape index (κ1) is 31.3. The van der Waals surface area contributed by atoms with E-state index in [1.54, 1.807) is 25.3 Å². The molecular weight excluding hydrogens is 693 g/mol. The molecule has 2 unspecified atom stereocenters. The number of aryl methyl sites for hydroxylation is 2. The van der Waals surface area contributed by atoms with Crippen LogP contribution in [-0.4, -0.2) is 54.4 Å². The zero-order valence-electron chi connectivity index (χ0n) is 25.8. The van der Waals surface area contributed by atoms with Gasteiger partial charge in [-0.3, -0.25) is 14.4 Å². The van der Waals surface area contributed by atoms with E-state index in [4.69, 9.17) is 9.47 Å². The average Bonchev–Trinajstić information content (AvgIpc) is 3.32. The van der Waals surface area contributed by atoms with Crippen LogP contribution < -0.4 is 26.4 Å². The molecule has 2 aromatic heterocycles. The summed E-state index contributed by atoms with van der Waals surface area (Å²) >= 11 is 3.15. The smallest absolute Gasteiger partial charge is 0.347 e. The standard InChI is InChI=1S/C33H27BrFN5O8/c1-37-23-14-26(48-3)25(47-2)13-21(23)36-20(31(37)44)8-9-38-32(45)39-10-7-15-22(40(39)33(38)46)11-17-28(24(41)12-18(34)29(17)42)27(15)16-5-4-6-19(35)30(16)43/h4-7,12-14,22,27,43H,8-11H2,1-3H3. The number of para-hydroxylation sites is 1. The number of aromatic nitrogens is 5. The molecule has 2 atom stereocenters. The minimum Gasteiger partial charge on any atom is -0.505 e. The highest BCUT2D eigenvalue weighted by molar-refractivity contribution is 9.12. The van der Waals surface area contributed by atoms with Crippen LogP contribution in [0.1, 0.15) is 29.6 Å². The molecule has 0 amide bonds. The first-order chi connectivity index (χ1) is 23.0. The van der Waals surface area contributed by atoms with Gasteiger partial charge in [0.1, 0.15) is 5.69 Å². The van der Waals surface area contributed by atoms with Crippen molar-refractivity contribution in [1.82, 2.24) is 23.5 Å². The zero-order valence-corrected chi connectivity index (χ0v) is 27.4. The number of rotatable bonds is 6. The molecule has 0 radical (unpaired) electrons. The van der Waals surface area contributed by atoms with Crippen LogP contribution in [0.15, 0.2) is 78.1 Å². The lowest BCUT2D eigenvalue weighted by Gasteiger charge is -2.39. The number of fused-ring (bicyclic) bond motifs is 4. The van der Waals surface area contributed by atoms with Gasteiger partial charge in [-0.15, -0.1) is 0 Å². The average molecular weight is 721 g/mol. The summed E-state index contributed by atoms with van der Waals surface area (Å²) in [7, 11) is 4.54. The van der Waals surface area contributed by atoms with Gasteiger partial charge in [-0.2, -0.15) is 0 Å². The van der Waals surface area contributed by atoms with Crippen LogP contribution in [0.3, 0.4) is 0 Å². The van der Waals surface area contributed by atoms with Crippen molar-refractivity contribution >= 4 is 38.5 Å². The van der Waals surface area contributed by atoms with Crippen molar-refractivity contribution in [3.8, 4) is 17.2 Å². The summed E-state index contributed by atoms with van der Waals surface area (Å²) < 4.78 is 30.2. The molecule has 0 saturated heterocycles. The fourth-order valence-corrected chi connectivity index (χ4v) is 7.38. The molecule has 7 rings (SSSR count). The molecule has 13 nitrogen and oxygen atoms in total. The molecule has 0 saturated carbocycles. The van der Waals surface area contributed by atoms with Crippen LogP contribution in [0.4, 0.5) is 4.39 Å². The highest BCUT2D eigenvalue weighted by atomic mass is 79.9. The minimum atomic E-state index is -1.05. The Hall–Kier alpha value is -5.31. The molecule has 4 aromatic rings. The van der Waals surface area contributed by atoms with Crippen molar-refractivity contribution in [2.75, 3.05) is 14.2 Å². The van der Waals surface area contributed by atoms with E-state index < -0.39 is 52.0 Å². The number of allylic oxidation sites excluding steroid dienone is 6. The molecule has 48 heavy (non-hydrogen) atoms. The van der Waals surface area contributed by atoms with E-state index >= 15 is 0 Å². The Bertz CT molecular complexity index is 2400. The Balaban J connectivity index is 1.30. The Morgan fingerprint density at radius 3 is 2.52 bits per heavy atom. The molecule has 0 fully saturated rings. The van der Waals surface area contributed by atoms with Crippen LogP contribution in [0, 0.1) is 5.82 Å². The van der Waals surface area contributed by atoms with E-state index in [2.05, 4.69) is 20.9 Å². The molecule has 0 spiro atoms. The second-order valence-corrected chi connectivity index (χ2v) is 12.5. The highest BCUT2D eigenvalue weighted by Crippen LogP contribution is 2.51. The number of hydrogen-bond donors (Lipinski definition) is 1. The van der Waals surface area contributed by atoms with Crippen LogP contribution in [0.2, 0.25) is 0 Å². The molecule has 0 bridgehead atoms. The van der Waals surface area contributed by atoms with Gasteiger partial charge in [-0.05, 0) is 27.6 Å². The quantitative estimate of drug-likeness (QED) is 0.234. The lowest BCUT2D eigenvalue weighted by molar-refractivity contribution is -0.115. The first-order valence-corrected chi connectivity index (χ1v) is 15.7. The Morgan fingerprint density at radius 2 is 1.79 bits per heavy atom. The second kappa shape index (κ2) is 11.4. The maximum Gasteiger partial charge on any atom is 0.347 e. The Kier molecular flexibility index (Phi) is 7.46. The van der Waals surface area contributed by atoms with Crippen LogP contribution >= 0.6 is 15.9 Å². The van der Waals surface area contributed by atoms with E-state index in [9.17, 15) is 33.5 Å². The number of ether oxygens (including phenoxy) is 2. The number of carbonyl (C=O) groups excluding carboxylic acids is 2. The molecule has 15 heteroatoms. The third-order valence-corrected chi connectivity index (χ3v) is 9.82. The lowest BCUT2D eigenvalue weighted by Crippen LogP contribution is -2.40. The van der Waals surface area contributed by atoms with Crippen LogP contribution in [0.25, 0.3) is 11.0 Å². The van der Waals surface area contributed by atoms with Crippen molar-refractivity contribution in [1.29, 1.82) is 0 Å². The fraction of sp³-hybridized carbons (Fsp3) is 0.273. The fourth-order valence-electron chi connectivity index (χ4n) is 6.93. The van der Waals surface area contributed by atoms with Gasteiger partial charge in [0.25, 0.3) is 5.56 Å². The number of aromatic hydroxyl groups is 1. The second-order valence-electron chi connectivity index (χ2n) is 11.6. The summed E-state index contributed by atoms with van der Waals surface area (Å²) in [6.07, 6.45) is 2.66. The van der Waals surface area contributed by atoms with E-state index in [-0.39, 0.29) is 52.8 Å². The molecular formula is C33H27BrFN5O8. The summed E-state index contributed by atoms with van der Waals surface area (Å²) in [6, 6.07) is 6.27. The van der Waals surface area contributed by atoms with Gasteiger partial charge in [0.15, 0.2) is 34.6 Å². The predicted molar refractivity (Wildman–Crippen MR) is 173 cm³/mol. The third kappa shape index (κ3) is 4.55. The van der Waals surface area contributed by atoms with E-state index in [0.717, 1.165) is 16.7 Å². The maximum absolute atomic E-state index is 14.6. The maximum atomic E-state index is 14.6. The number of carbonyl (C=O) groups is 2. The molecule has 2 aliphatic carbocycles. The summed E-state index contributed by atoms with van der Waals surface area (Å²) in [4.78, 5) is 72.2. The molecule has 1 aliphatic heterocycles. The Morgan fingerprint density at radius 1 is 1.06 bits per heavy atom. The first-order valence-electron chi connectivity index (χ1n) is 14.9. The number of methoxy groups -OCH3 is 2. The highest BCUT2D eigenvalue weighted by Gasteiger charge is 2.45. The Labute approximate surface area is 278 Å². The monoisotopic (exact) mass is 719 g/mol. The predicted octanol–water partition coefficient (Wildman–Crippen LogP) is 2.56. The minimum absolute atomic E-state index is 0.0274. The summed E-state index contributed by atoms with van der Waals surface area (Å²) in [5.41, 5.74) is 0.0171. The summed E-state index contributed by atoms with van der Waals surface area (Å²) in [5.74, 6) is -2.78. The van der Waals surface area contributed by atoms with Crippen LogP contribution in [-0.2, 0) is 36.1 Å². The van der Waals surface area contributed by atoms with Gasteiger partial charge in [0.2, 0.25) is 0 Å². The largest absolute Gasteiger partial charge is 0.505 e. The van der Waals surface area contributed by atoms with Gasteiger partial charge < -0.3 is 19.1 Å². The van der Waals surface area contributed by atoms with Crippen molar-refractivity contribution < 1.29 is 28.6 Å². The molecule has 3 heterocycles.